The molecule has 0 saturated heterocycles. The second kappa shape index (κ2) is 8.66. The van der Waals surface area contributed by atoms with Crippen LogP contribution in [0, 0.1) is 6.92 Å². The molecular weight excluding hydrogens is 380 g/mol. The minimum atomic E-state index is -0.376. The van der Waals surface area contributed by atoms with E-state index in [0.29, 0.717) is 28.9 Å². The van der Waals surface area contributed by atoms with Gasteiger partial charge in [0.2, 0.25) is 5.78 Å². The lowest BCUT2D eigenvalue weighted by Gasteiger charge is -2.15. The molecule has 0 fully saturated rings. The Kier molecular flexibility index (Phi) is 6.20. The fourth-order valence-corrected chi connectivity index (χ4v) is 3.43. The molecule has 0 amide bonds. The Labute approximate surface area is 177 Å². The van der Waals surface area contributed by atoms with Gasteiger partial charge in [0.25, 0.3) is 0 Å². The summed E-state index contributed by atoms with van der Waals surface area (Å²) in [7, 11) is 0. The number of benzene rings is 2. The van der Waals surface area contributed by atoms with E-state index in [-0.39, 0.29) is 41.8 Å². The predicted octanol–water partition coefficient (Wildman–Crippen LogP) is 5.38. The summed E-state index contributed by atoms with van der Waals surface area (Å²) in [4.78, 5) is 13.6. The zero-order valence-electron chi connectivity index (χ0n) is 18.1. The molecule has 1 aliphatic rings. The van der Waals surface area contributed by atoms with Crippen LogP contribution in [0.4, 0.5) is 0 Å². The third-order valence-corrected chi connectivity index (χ3v) is 5.05. The molecule has 30 heavy (non-hydrogen) atoms. The highest BCUT2D eigenvalue weighted by Crippen LogP contribution is 2.44. The van der Waals surface area contributed by atoms with Crippen LogP contribution in [0.5, 0.6) is 23.0 Å². The van der Waals surface area contributed by atoms with E-state index in [1.54, 1.807) is 25.1 Å². The Morgan fingerprint density at radius 1 is 1.10 bits per heavy atom. The molecule has 5 nitrogen and oxygen atoms in total. The summed E-state index contributed by atoms with van der Waals surface area (Å²) in [6.45, 7) is 10.0. The maximum atomic E-state index is 13.6. The quantitative estimate of drug-likeness (QED) is 0.649. The van der Waals surface area contributed by atoms with Crippen LogP contribution in [0.2, 0.25) is 0 Å². The van der Waals surface area contributed by atoms with Crippen molar-refractivity contribution in [3.05, 3.63) is 69.3 Å². The molecule has 2 aromatic rings. The summed E-state index contributed by atoms with van der Waals surface area (Å²) in [6.07, 6.45) is 4.46. The summed E-state index contributed by atoms with van der Waals surface area (Å²) in [5.74, 6) is -0.0683. The minimum Gasteiger partial charge on any atom is -0.508 e. The lowest BCUT2D eigenvalue weighted by Crippen LogP contribution is -2.09. The van der Waals surface area contributed by atoms with Gasteiger partial charge in [-0.15, -0.1) is 0 Å². The van der Waals surface area contributed by atoms with E-state index >= 15 is 0 Å². The number of phenolic OH excluding ortho intramolecular Hbond substituents is 2. The number of aromatic hydroxyl groups is 2. The number of rotatable bonds is 5. The van der Waals surface area contributed by atoms with Crippen LogP contribution >= 0.6 is 0 Å². The van der Waals surface area contributed by atoms with Crippen molar-refractivity contribution in [2.24, 2.45) is 0 Å². The van der Waals surface area contributed by atoms with E-state index in [2.05, 4.69) is 0 Å². The summed E-state index contributed by atoms with van der Waals surface area (Å²) >= 11 is 0. The van der Waals surface area contributed by atoms with E-state index in [4.69, 9.17) is 9.47 Å². The van der Waals surface area contributed by atoms with Crippen LogP contribution in [-0.2, 0) is 13.0 Å². The molecule has 158 valence electrons. The van der Waals surface area contributed by atoms with Crippen LogP contribution in [0.3, 0.4) is 0 Å². The smallest absolute Gasteiger partial charge is 0.201 e. The molecule has 2 N–H and O–H groups in total. The normalized spacial score (nSPS) is 12.2. The monoisotopic (exact) mass is 408 g/mol. The third kappa shape index (κ3) is 4.20. The second-order valence-corrected chi connectivity index (χ2v) is 8.04. The topological polar surface area (TPSA) is 76.0 Å². The lowest BCUT2D eigenvalue weighted by atomic mass is 9.90. The summed E-state index contributed by atoms with van der Waals surface area (Å²) < 4.78 is 11.6. The van der Waals surface area contributed by atoms with E-state index in [9.17, 15) is 15.0 Å². The van der Waals surface area contributed by atoms with E-state index < -0.39 is 0 Å². The molecule has 0 radical (unpaired) electrons. The average Bonchev–Trinajstić information content (AvgIpc) is 2.83. The molecule has 0 bridgehead atoms. The first-order chi connectivity index (χ1) is 14.2. The standard InChI is InChI=1S/C25H28O5/c1-14(2)6-7-17-8-9-19(26)18-13-30-25-16(5)12-20(29-11-10-15(3)4)23(27)22(25)24(28)21(17)18/h6,8-10,12,26-27H,7,11,13H2,1-5H3. The largest absolute Gasteiger partial charge is 0.508 e. The highest BCUT2D eigenvalue weighted by molar-refractivity contribution is 6.15. The third-order valence-electron chi connectivity index (χ3n) is 5.05. The molecular formula is C25H28O5. The highest BCUT2D eigenvalue weighted by atomic mass is 16.5. The van der Waals surface area contributed by atoms with Crippen molar-refractivity contribution in [3.8, 4) is 23.0 Å². The first-order valence-corrected chi connectivity index (χ1v) is 9.98. The molecule has 2 aromatic carbocycles. The molecule has 1 heterocycles. The van der Waals surface area contributed by atoms with Crippen molar-refractivity contribution in [2.45, 2.75) is 47.6 Å². The molecule has 5 heteroatoms. The predicted molar refractivity (Wildman–Crippen MR) is 117 cm³/mol. The second-order valence-electron chi connectivity index (χ2n) is 8.04. The SMILES string of the molecule is CC(C)=CCOc1cc(C)c2c(c1O)C(=O)c1c(CC=C(C)C)ccc(O)c1CO2. The van der Waals surface area contributed by atoms with Crippen molar-refractivity contribution in [3.63, 3.8) is 0 Å². The summed E-state index contributed by atoms with van der Waals surface area (Å²) in [5, 5.41) is 21.3. The van der Waals surface area contributed by atoms with Gasteiger partial charge in [0.15, 0.2) is 11.5 Å². The Morgan fingerprint density at radius 3 is 2.47 bits per heavy atom. The zero-order valence-corrected chi connectivity index (χ0v) is 18.1. The molecule has 0 atom stereocenters. The van der Waals surface area contributed by atoms with Crippen LogP contribution < -0.4 is 9.47 Å². The maximum absolute atomic E-state index is 13.6. The lowest BCUT2D eigenvalue weighted by molar-refractivity contribution is 0.103. The van der Waals surface area contributed by atoms with Crippen LogP contribution in [0.15, 0.2) is 41.5 Å². The number of hydrogen-bond donors (Lipinski definition) is 2. The minimum absolute atomic E-state index is 0.00396. The molecule has 0 unspecified atom stereocenters. The number of carbonyl (C=O) groups is 1. The van der Waals surface area contributed by atoms with Gasteiger partial charge in [0, 0.05) is 11.1 Å². The number of hydrogen-bond acceptors (Lipinski definition) is 5. The zero-order chi connectivity index (χ0) is 22.0. The number of ether oxygens (including phenoxy) is 2. The number of aryl methyl sites for hydroxylation is 1. The molecule has 1 aliphatic heterocycles. The van der Waals surface area contributed by atoms with E-state index in [0.717, 1.165) is 16.7 Å². The van der Waals surface area contributed by atoms with E-state index in [1.165, 1.54) is 0 Å². The molecule has 0 saturated carbocycles. The average molecular weight is 408 g/mol. The fraction of sp³-hybridized carbons (Fsp3) is 0.320. The van der Waals surface area contributed by atoms with Gasteiger partial charge in [-0.25, -0.2) is 0 Å². The van der Waals surface area contributed by atoms with Crippen molar-refractivity contribution in [1.29, 1.82) is 0 Å². The van der Waals surface area contributed by atoms with Crippen LogP contribution in [0.1, 0.15) is 60.3 Å². The first kappa shape index (κ1) is 21.5. The van der Waals surface area contributed by atoms with Crippen molar-refractivity contribution >= 4 is 5.78 Å². The molecule has 3 rings (SSSR count). The van der Waals surface area contributed by atoms with Gasteiger partial charge < -0.3 is 19.7 Å². The number of fused-ring (bicyclic) bond motifs is 2. The Bertz CT molecular complexity index is 1050. The van der Waals surface area contributed by atoms with Crippen LogP contribution in [-0.4, -0.2) is 22.6 Å². The van der Waals surface area contributed by atoms with Gasteiger partial charge >= 0.3 is 0 Å². The fourth-order valence-electron chi connectivity index (χ4n) is 3.43. The van der Waals surface area contributed by atoms with Crippen LogP contribution in [0.25, 0.3) is 0 Å². The number of phenols is 2. The number of carbonyl (C=O) groups excluding carboxylic acids is 1. The Morgan fingerprint density at radius 2 is 1.80 bits per heavy atom. The maximum Gasteiger partial charge on any atom is 0.201 e. The van der Waals surface area contributed by atoms with Gasteiger partial charge in [-0.3, -0.25) is 4.79 Å². The number of allylic oxidation sites excluding steroid dienone is 3. The van der Waals surface area contributed by atoms with E-state index in [1.807, 2.05) is 39.8 Å². The number of ketones is 1. The first-order valence-electron chi connectivity index (χ1n) is 9.98. The van der Waals surface area contributed by atoms with Gasteiger partial charge in [-0.1, -0.05) is 23.3 Å². The Balaban J connectivity index is 2.15. The molecule has 0 aliphatic carbocycles. The summed E-state index contributed by atoms with van der Waals surface area (Å²) in [5.41, 5.74) is 4.56. The Hall–Kier alpha value is -3.21. The molecule has 0 spiro atoms. The van der Waals surface area contributed by atoms with Crippen molar-refractivity contribution in [2.75, 3.05) is 6.61 Å². The van der Waals surface area contributed by atoms with Crippen molar-refractivity contribution in [1.82, 2.24) is 0 Å². The highest BCUT2D eigenvalue weighted by Gasteiger charge is 2.32. The molecule has 0 aromatic heterocycles. The van der Waals surface area contributed by atoms with Crippen molar-refractivity contribution < 1.29 is 24.5 Å². The van der Waals surface area contributed by atoms with Gasteiger partial charge in [0.05, 0.1) is 0 Å². The van der Waals surface area contributed by atoms with Gasteiger partial charge in [0.1, 0.15) is 30.3 Å². The van der Waals surface area contributed by atoms with Gasteiger partial charge in [-0.2, -0.15) is 0 Å². The van der Waals surface area contributed by atoms with Gasteiger partial charge in [-0.05, 0) is 70.4 Å². The summed E-state index contributed by atoms with van der Waals surface area (Å²) in [6, 6.07) is 5.00.